The van der Waals surface area contributed by atoms with E-state index in [0.29, 0.717) is 23.6 Å². The topological polar surface area (TPSA) is 58.6 Å². The number of carbonyl (C=O) groups excluding carboxylic acids is 1. The van der Waals surface area contributed by atoms with Crippen molar-refractivity contribution >= 4 is 6.09 Å². The molecule has 0 aliphatic carbocycles. The first-order chi connectivity index (χ1) is 12.8. The molecule has 162 valence electrons. The molecule has 0 aliphatic rings. The summed E-state index contributed by atoms with van der Waals surface area (Å²) >= 11 is 0. The summed E-state index contributed by atoms with van der Waals surface area (Å²) in [6.07, 6.45) is 12.0. The molecular formula is C22H47N2O3+. The molecule has 1 amide bonds. The average molecular weight is 388 g/mol. The number of rotatable bonds is 17. The second-order valence-electron chi connectivity index (χ2n) is 8.86. The molecule has 2 N–H and O–H groups in total. The van der Waals surface area contributed by atoms with Crippen LogP contribution in [0.15, 0.2) is 0 Å². The van der Waals surface area contributed by atoms with Crippen LogP contribution in [0.2, 0.25) is 0 Å². The highest BCUT2D eigenvalue weighted by Crippen LogP contribution is 2.15. The molecule has 1 atom stereocenters. The van der Waals surface area contributed by atoms with Crippen molar-refractivity contribution in [2.75, 3.05) is 40.4 Å². The van der Waals surface area contributed by atoms with Gasteiger partial charge >= 0.3 is 6.09 Å². The van der Waals surface area contributed by atoms with E-state index < -0.39 is 0 Å². The highest BCUT2D eigenvalue weighted by atomic mass is 16.5. The number of aliphatic hydroxyl groups is 1. The van der Waals surface area contributed by atoms with E-state index in [-0.39, 0.29) is 18.7 Å². The zero-order chi connectivity index (χ0) is 20.5. The van der Waals surface area contributed by atoms with Crippen molar-refractivity contribution in [3.63, 3.8) is 0 Å². The molecule has 0 rings (SSSR count). The minimum atomic E-state index is -0.320. The van der Waals surface area contributed by atoms with Crippen molar-refractivity contribution in [1.82, 2.24) is 5.32 Å². The van der Waals surface area contributed by atoms with Crippen LogP contribution < -0.4 is 5.32 Å². The van der Waals surface area contributed by atoms with Gasteiger partial charge in [0.2, 0.25) is 0 Å². The third-order valence-electron chi connectivity index (χ3n) is 5.38. The first-order valence-corrected chi connectivity index (χ1v) is 11.2. The first kappa shape index (κ1) is 26.2. The number of ether oxygens (including phenoxy) is 1. The van der Waals surface area contributed by atoms with E-state index in [1.165, 1.54) is 44.9 Å². The van der Waals surface area contributed by atoms with E-state index >= 15 is 0 Å². The number of nitrogens with zero attached hydrogens (tertiary/aromatic N) is 1. The summed E-state index contributed by atoms with van der Waals surface area (Å²) < 4.78 is 5.96. The molecule has 0 aromatic rings. The second-order valence-corrected chi connectivity index (χ2v) is 8.86. The number of alkyl carbamates (subject to hydrolysis) is 1. The van der Waals surface area contributed by atoms with Gasteiger partial charge in [0.25, 0.3) is 0 Å². The van der Waals surface area contributed by atoms with Crippen LogP contribution in [0.5, 0.6) is 0 Å². The first-order valence-electron chi connectivity index (χ1n) is 11.2. The van der Waals surface area contributed by atoms with Gasteiger partial charge in [0.05, 0.1) is 40.4 Å². The summed E-state index contributed by atoms with van der Waals surface area (Å²) in [5.41, 5.74) is 0. The normalized spacial score (nSPS) is 13.0. The Hall–Kier alpha value is -0.810. The van der Waals surface area contributed by atoms with E-state index in [1.807, 2.05) is 0 Å². The summed E-state index contributed by atoms with van der Waals surface area (Å²) in [6, 6.07) is 0.199. The Balaban J connectivity index is 3.68. The monoisotopic (exact) mass is 387 g/mol. The van der Waals surface area contributed by atoms with Crippen LogP contribution in [-0.2, 0) is 4.74 Å². The number of carbonyl (C=O) groups is 1. The number of aliphatic hydroxyl groups excluding tert-OH is 1. The Morgan fingerprint density at radius 1 is 1.00 bits per heavy atom. The zero-order valence-electron chi connectivity index (χ0n) is 18.8. The molecule has 0 radical (unpaired) electrons. The number of nitrogens with one attached hydrogen (secondary N) is 1. The predicted molar refractivity (Wildman–Crippen MR) is 114 cm³/mol. The van der Waals surface area contributed by atoms with Crippen LogP contribution in [0.25, 0.3) is 0 Å². The van der Waals surface area contributed by atoms with Crippen LogP contribution in [0.1, 0.15) is 85.0 Å². The molecule has 0 fully saturated rings. The predicted octanol–water partition coefficient (Wildman–Crippen LogP) is 4.73. The number of hydrogen-bond donors (Lipinski definition) is 2. The lowest BCUT2D eigenvalue weighted by Gasteiger charge is -2.38. The van der Waals surface area contributed by atoms with E-state index in [4.69, 9.17) is 4.74 Å². The molecule has 5 heteroatoms. The van der Waals surface area contributed by atoms with Gasteiger partial charge in [-0.1, -0.05) is 72.1 Å². The Labute approximate surface area is 168 Å². The molecule has 0 unspecified atom stereocenters. The van der Waals surface area contributed by atoms with Crippen molar-refractivity contribution in [1.29, 1.82) is 0 Å². The van der Waals surface area contributed by atoms with Crippen molar-refractivity contribution in [3.05, 3.63) is 0 Å². The van der Waals surface area contributed by atoms with Crippen LogP contribution in [0.4, 0.5) is 4.79 Å². The van der Waals surface area contributed by atoms with Crippen LogP contribution in [-0.4, -0.2) is 62.1 Å². The Bertz CT molecular complexity index is 359. The summed E-state index contributed by atoms with van der Waals surface area (Å²) in [5.74, 6) is 0.550. The summed E-state index contributed by atoms with van der Waals surface area (Å²) in [4.78, 5) is 11.8. The van der Waals surface area contributed by atoms with Gasteiger partial charge in [-0.3, -0.25) is 0 Å². The van der Waals surface area contributed by atoms with Crippen LogP contribution >= 0.6 is 0 Å². The Morgan fingerprint density at radius 3 is 2.07 bits per heavy atom. The van der Waals surface area contributed by atoms with Crippen LogP contribution in [0, 0.1) is 5.92 Å². The number of likely N-dealkylation sites (N-methyl/N-ethyl adjacent to an activating group) is 1. The highest BCUT2D eigenvalue weighted by Gasteiger charge is 2.28. The molecule has 0 heterocycles. The van der Waals surface area contributed by atoms with Gasteiger partial charge < -0.3 is 19.6 Å². The van der Waals surface area contributed by atoms with Gasteiger partial charge in [-0.05, 0) is 12.3 Å². The Morgan fingerprint density at radius 2 is 1.56 bits per heavy atom. The third-order valence-corrected chi connectivity index (χ3v) is 5.38. The maximum Gasteiger partial charge on any atom is 0.407 e. The van der Waals surface area contributed by atoms with Gasteiger partial charge in [-0.25, -0.2) is 4.79 Å². The summed E-state index contributed by atoms with van der Waals surface area (Å²) in [7, 11) is 4.22. The molecule has 0 aromatic carbocycles. The number of unbranched alkanes of at least 4 members (excludes halogenated alkanes) is 8. The van der Waals surface area contributed by atoms with Crippen molar-refractivity contribution < 1.29 is 19.1 Å². The molecule has 0 saturated heterocycles. The van der Waals surface area contributed by atoms with Crippen molar-refractivity contribution in [3.8, 4) is 0 Å². The molecule has 0 aromatic heterocycles. The minimum absolute atomic E-state index is 0.175. The van der Waals surface area contributed by atoms with E-state index in [9.17, 15) is 9.90 Å². The molecule has 5 nitrogen and oxygen atoms in total. The molecular weight excluding hydrogens is 340 g/mol. The van der Waals surface area contributed by atoms with Crippen molar-refractivity contribution in [2.45, 2.75) is 91.0 Å². The second kappa shape index (κ2) is 16.2. The van der Waals surface area contributed by atoms with Gasteiger partial charge in [0.1, 0.15) is 6.04 Å². The van der Waals surface area contributed by atoms with Gasteiger partial charge in [0.15, 0.2) is 0 Å². The molecule has 0 saturated carbocycles. The smallest absolute Gasteiger partial charge is 0.407 e. The largest absolute Gasteiger partial charge is 0.450 e. The van der Waals surface area contributed by atoms with E-state index in [2.05, 4.69) is 40.2 Å². The quantitative estimate of drug-likeness (QED) is 0.280. The summed E-state index contributed by atoms with van der Waals surface area (Å²) in [6.45, 7) is 8.62. The standard InChI is InChI=1S/C22H46N2O3/c1-6-7-8-9-10-11-12-13-14-17-27-22(26)23-15-16-24(4,5)21(19-25)18-20(2)3/h20-21,25H,6-19H2,1-5H3/p+1/t21-/m0/s1. The molecule has 0 spiro atoms. The minimum Gasteiger partial charge on any atom is -0.450 e. The number of hydrogen-bond acceptors (Lipinski definition) is 3. The lowest BCUT2D eigenvalue weighted by atomic mass is 10.0. The van der Waals surface area contributed by atoms with Gasteiger partial charge in [0, 0.05) is 6.42 Å². The maximum atomic E-state index is 11.8. The summed E-state index contributed by atoms with van der Waals surface area (Å²) in [5, 5.41) is 12.5. The number of amides is 1. The SMILES string of the molecule is CCCCCCCCCCCOC(=O)NCC[N+](C)(C)[C@H](CO)CC(C)C. The molecule has 0 aliphatic heterocycles. The fraction of sp³-hybridized carbons (Fsp3) is 0.955. The van der Waals surface area contributed by atoms with Crippen LogP contribution in [0.3, 0.4) is 0 Å². The lowest BCUT2D eigenvalue weighted by molar-refractivity contribution is -0.915. The Kier molecular flexibility index (Phi) is 15.7. The third kappa shape index (κ3) is 14.9. The van der Waals surface area contributed by atoms with Crippen molar-refractivity contribution in [2.24, 2.45) is 5.92 Å². The zero-order valence-corrected chi connectivity index (χ0v) is 18.8. The highest BCUT2D eigenvalue weighted by molar-refractivity contribution is 5.66. The fourth-order valence-electron chi connectivity index (χ4n) is 3.38. The maximum absolute atomic E-state index is 11.8. The number of quaternary nitrogens is 1. The average Bonchev–Trinajstić information content (AvgIpc) is 2.60. The van der Waals surface area contributed by atoms with Gasteiger partial charge in [-0.2, -0.15) is 0 Å². The lowest BCUT2D eigenvalue weighted by Crippen LogP contribution is -2.54. The van der Waals surface area contributed by atoms with E-state index in [0.717, 1.165) is 25.8 Å². The van der Waals surface area contributed by atoms with Gasteiger partial charge in [-0.15, -0.1) is 0 Å². The fourth-order valence-corrected chi connectivity index (χ4v) is 3.38. The molecule has 27 heavy (non-hydrogen) atoms. The molecule has 0 bridgehead atoms. The van der Waals surface area contributed by atoms with E-state index in [1.54, 1.807) is 0 Å².